The summed E-state index contributed by atoms with van der Waals surface area (Å²) in [6.07, 6.45) is 1.93. The average molecular weight is 274 g/mol. The van der Waals surface area contributed by atoms with Gasteiger partial charge in [0.2, 0.25) is 0 Å². The number of aryl methyl sites for hydroxylation is 3. The molecule has 0 aliphatic carbocycles. The molecule has 0 aliphatic heterocycles. The lowest BCUT2D eigenvalue weighted by atomic mass is 9.98. The molecular weight excluding hydrogens is 254 g/mol. The van der Waals surface area contributed by atoms with Crippen molar-refractivity contribution in [2.45, 2.75) is 32.7 Å². The smallest absolute Gasteiger partial charge is 0.0438 e. The average Bonchev–Trinajstić information content (AvgIpc) is 2.41. The Hall–Kier alpha value is -1.31. The third kappa shape index (κ3) is 3.82. The summed E-state index contributed by atoms with van der Waals surface area (Å²) in [6, 6.07) is 14.8. The van der Waals surface area contributed by atoms with Gasteiger partial charge >= 0.3 is 0 Å². The number of hydrogen-bond donors (Lipinski definition) is 1. The maximum absolute atomic E-state index is 6.23. The quantitative estimate of drug-likeness (QED) is 0.866. The monoisotopic (exact) mass is 273 g/mol. The maximum Gasteiger partial charge on any atom is 0.0438 e. The standard InChI is InChI=1S/C17H20ClN/c1-12-3-6-14(7-4-12)8-10-17(19)15-9-5-13(2)16(18)11-15/h3-7,9,11,17H,8,10,19H2,1-2H3. The Bertz CT molecular complexity index is 546. The first-order chi connectivity index (χ1) is 9.06. The maximum atomic E-state index is 6.23. The van der Waals surface area contributed by atoms with E-state index in [0.29, 0.717) is 0 Å². The highest BCUT2D eigenvalue weighted by atomic mass is 35.5. The third-order valence-electron chi connectivity index (χ3n) is 3.49. The molecule has 0 bridgehead atoms. The predicted octanol–water partition coefficient (Wildman–Crippen LogP) is 4.59. The van der Waals surface area contributed by atoms with Crippen molar-refractivity contribution in [1.29, 1.82) is 0 Å². The third-order valence-corrected chi connectivity index (χ3v) is 3.90. The van der Waals surface area contributed by atoms with Crippen LogP contribution in [0, 0.1) is 13.8 Å². The molecule has 0 heterocycles. The van der Waals surface area contributed by atoms with Crippen LogP contribution >= 0.6 is 11.6 Å². The van der Waals surface area contributed by atoms with Crippen LogP contribution in [0.3, 0.4) is 0 Å². The number of halogens is 1. The molecule has 2 aromatic carbocycles. The van der Waals surface area contributed by atoms with Gasteiger partial charge in [-0.2, -0.15) is 0 Å². The summed E-state index contributed by atoms with van der Waals surface area (Å²) in [4.78, 5) is 0. The fourth-order valence-electron chi connectivity index (χ4n) is 2.08. The molecule has 1 unspecified atom stereocenters. The highest BCUT2D eigenvalue weighted by Crippen LogP contribution is 2.23. The van der Waals surface area contributed by atoms with Crippen LogP contribution in [0.2, 0.25) is 5.02 Å². The Labute approximate surface area is 120 Å². The number of rotatable bonds is 4. The molecule has 100 valence electrons. The summed E-state index contributed by atoms with van der Waals surface area (Å²) in [5, 5.41) is 0.795. The van der Waals surface area contributed by atoms with Crippen LogP contribution in [-0.4, -0.2) is 0 Å². The molecule has 0 radical (unpaired) electrons. The highest BCUT2D eigenvalue weighted by Gasteiger charge is 2.08. The number of hydrogen-bond acceptors (Lipinski definition) is 1. The van der Waals surface area contributed by atoms with Crippen LogP contribution in [0.1, 0.15) is 34.7 Å². The second-order valence-corrected chi connectivity index (χ2v) is 5.55. The van der Waals surface area contributed by atoms with Gasteiger partial charge in [-0.1, -0.05) is 53.6 Å². The number of nitrogens with two attached hydrogens (primary N) is 1. The topological polar surface area (TPSA) is 26.0 Å². The van der Waals surface area contributed by atoms with Crippen molar-refractivity contribution < 1.29 is 0 Å². The molecule has 1 atom stereocenters. The fourth-order valence-corrected chi connectivity index (χ4v) is 2.27. The van der Waals surface area contributed by atoms with Crippen molar-refractivity contribution in [3.63, 3.8) is 0 Å². The Balaban J connectivity index is 1.98. The van der Waals surface area contributed by atoms with E-state index in [2.05, 4.69) is 37.3 Å². The lowest BCUT2D eigenvalue weighted by molar-refractivity contribution is 0.651. The SMILES string of the molecule is Cc1ccc(CCC(N)c2ccc(C)c(Cl)c2)cc1. The second-order valence-electron chi connectivity index (χ2n) is 5.14. The molecule has 2 N–H and O–H groups in total. The minimum atomic E-state index is 0.0411. The summed E-state index contributed by atoms with van der Waals surface area (Å²) in [7, 11) is 0. The van der Waals surface area contributed by atoms with E-state index in [4.69, 9.17) is 17.3 Å². The van der Waals surface area contributed by atoms with Crippen LogP contribution in [0.25, 0.3) is 0 Å². The van der Waals surface area contributed by atoms with Gasteiger partial charge in [0.25, 0.3) is 0 Å². The normalized spacial score (nSPS) is 12.4. The molecule has 2 heteroatoms. The molecule has 2 aromatic rings. The van der Waals surface area contributed by atoms with Crippen molar-refractivity contribution in [1.82, 2.24) is 0 Å². The molecule has 0 aromatic heterocycles. The van der Waals surface area contributed by atoms with Crippen molar-refractivity contribution in [2.24, 2.45) is 5.73 Å². The Morgan fingerprint density at radius 1 is 1.05 bits per heavy atom. The summed E-state index contributed by atoms with van der Waals surface area (Å²) in [5.41, 5.74) is 11.1. The van der Waals surface area contributed by atoms with Crippen molar-refractivity contribution in [3.8, 4) is 0 Å². The van der Waals surface area contributed by atoms with Crippen LogP contribution in [0.15, 0.2) is 42.5 Å². The van der Waals surface area contributed by atoms with Gasteiger partial charge in [0.1, 0.15) is 0 Å². The zero-order valence-electron chi connectivity index (χ0n) is 11.5. The van der Waals surface area contributed by atoms with Crippen molar-refractivity contribution in [3.05, 3.63) is 69.7 Å². The van der Waals surface area contributed by atoms with E-state index in [9.17, 15) is 0 Å². The van der Waals surface area contributed by atoms with Gasteiger partial charge in [-0.15, -0.1) is 0 Å². The predicted molar refractivity (Wildman–Crippen MR) is 82.6 cm³/mol. The van der Waals surface area contributed by atoms with Crippen molar-refractivity contribution in [2.75, 3.05) is 0 Å². The Morgan fingerprint density at radius 3 is 2.37 bits per heavy atom. The van der Waals surface area contributed by atoms with E-state index in [1.807, 2.05) is 19.1 Å². The van der Waals surface area contributed by atoms with Gasteiger partial charge in [0.05, 0.1) is 0 Å². The van der Waals surface area contributed by atoms with E-state index in [1.165, 1.54) is 11.1 Å². The van der Waals surface area contributed by atoms with E-state index in [-0.39, 0.29) is 6.04 Å². The van der Waals surface area contributed by atoms with E-state index in [1.54, 1.807) is 0 Å². The summed E-state index contributed by atoms with van der Waals surface area (Å²) >= 11 is 6.14. The Morgan fingerprint density at radius 2 is 1.74 bits per heavy atom. The zero-order valence-corrected chi connectivity index (χ0v) is 12.2. The van der Waals surface area contributed by atoms with E-state index in [0.717, 1.165) is 29.0 Å². The highest BCUT2D eigenvalue weighted by molar-refractivity contribution is 6.31. The first kappa shape index (κ1) is 14.1. The summed E-state index contributed by atoms with van der Waals surface area (Å²) in [5.74, 6) is 0. The molecule has 0 spiro atoms. The molecule has 2 rings (SSSR count). The summed E-state index contributed by atoms with van der Waals surface area (Å²) < 4.78 is 0. The van der Waals surface area contributed by atoms with Gasteiger partial charge in [-0.3, -0.25) is 0 Å². The molecule has 0 fully saturated rings. The fraction of sp³-hybridized carbons (Fsp3) is 0.294. The molecule has 1 nitrogen and oxygen atoms in total. The van der Waals surface area contributed by atoms with Crippen LogP contribution in [0.5, 0.6) is 0 Å². The summed E-state index contributed by atoms with van der Waals surface area (Å²) in [6.45, 7) is 4.10. The molecule has 0 saturated carbocycles. The zero-order chi connectivity index (χ0) is 13.8. The molecular formula is C17H20ClN. The van der Waals surface area contributed by atoms with Gasteiger partial charge in [-0.25, -0.2) is 0 Å². The molecule has 0 aliphatic rings. The molecule has 0 saturated heterocycles. The van der Waals surface area contributed by atoms with Crippen molar-refractivity contribution >= 4 is 11.6 Å². The first-order valence-corrected chi connectivity index (χ1v) is 7.01. The first-order valence-electron chi connectivity index (χ1n) is 6.63. The van der Waals surface area contributed by atoms with Crippen LogP contribution < -0.4 is 5.73 Å². The lowest BCUT2D eigenvalue weighted by Crippen LogP contribution is -2.11. The molecule has 19 heavy (non-hydrogen) atoms. The number of benzene rings is 2. The van der Waals surface area contributed by atoms with Gasteiger partial charge in [0, 0.05) is 11.1 Å². The van der Waals surface area contributed by atoms with E-state index < -0.39 is 0 Å². The largest absolute Gasteiger partial charge is 0.324 e. The van der Waals surface area contributed by atoms with Gasteiger partial charge in [-0.05, 0) is 49.4 Å². The van der Waals surface area contributed by atoms with Crippen LogP contribution in [-0.2, 0) is 6.42 Å². The second kappa shape index (κ2) is 6.23. The molecule has 0 amide bonds. The Kier molecular flexibility index (Phi) is 4.62. The minimum absolute atomic E-state index is 0.0411. The van der Waals surface area contributed by atoms with E-state index >= 15 is 0 Å². The van der Waals surface area contributed by atoms with Crippen LogP contribution in [0.4, 0.5) is 0 Å². The van der Waals surface area contributed by atoms with Gasteiger partial charge < -0.3 is 5.73 Å². The minimum Gasteiger partial charge on any atom is -0.324 e. The van der Waals surface area contributed by atoms with Gasteiger partial charge in [0.15, 0.2) is 0 Å². The lowest BCUT2D eigenvalue weighted by Gasteiger charge is -2.13.